The molecule has 44 valence electrons. The monoisotopic (exact) mass is 112 g/mol. The summed E-state index contributed by atoms with van der Waals surface area (Å²) in [5.41, 5.74) is 0. The molecule has 0 bridgehead atoms. The Morgan fingerprint density at radius 2 is 2.25 bits per heavy atom. The molecule has 0 saturated carbocycles. The van der Waals surface area contributed by atoms with Crippen LogP contribution in [0.3, 0.4) is 0 Å². The van der Waals surface area contributed by atoms with E-state index in [-0.39, 0.29) is 38.0 Å². The van der Waals surface area contributed by atoms with Crippen molar-refractivity contribution in [1.29, 1.82) is 0 Å². The van der Waals surface area contributed by atoms with Gasteiger partial charge in [0, 0.05) is 6.92 Å². The number of esters is 1. The molecule has 0 radical (unpaired) electrons. The van der Waals surface area contributed by atoms with Gasteiger partial charge in [0.1, 0.15) is 6.61 Å². The first-order chi connectivity index (χ1) is 3.27. The molecular weight excluding hydrogens is 103 g/mol. The molecule has 3 nitrogen and oxygen atoms in total. The number of carbonyl (C=O) groups excluding carboxylic acids is 1. The van der Waals surface area contributed by atoms with Crippen molar-refractivity contribution in [2.24, 2.45) is 0 Å². The Morgan fingerprint density at radius 3 is 2.38 bits per heavy atom. The number of ether oxygens (including phenoxy) is 1. The summed E-state index contributed by atoms with van der Waals surface area (Å²) >= 11 is 0. The van der Waals surface area contributed by atoms with Gasteiger partial charge in [0.2, 0.25) is 0 Å². The fourth-order valence-electron chi connectivity index (χ4n) is 0.189. The van der Waals surface area contributed by atoms with Crippen molar-refractivity contribution in [3.63, 3.8) is 0 Å². The third-order valence-corrected chi connectivity index (χ3v) is 0.397. The molecule has 0 rings (SSSR count). The zero-order valence-corrected chi connectivity index (χ0v) is 4.18. The molecule has 4 heteroatoms. The molecular formula is C4H9LiO3. The van der Waals surface area contributed by atoms with E-state index in [1.54, 1.807) is 0 Å². The summed E-state index contributed by atoms with van der Waals surface area (Å²) in [5.74, 6) is -0.353. The second-order valence-electron chi connectivity index (χ2n) is 1.06. The molecule has 0 aromatic rings. The van der Waals surface area contributed by atoms with Gasteiger partial charge in [-0.15, -0.1) is 0 Å². The summed E-state index contributed by atoms with van der Waals surface area (Å²) in [6, 6.07) is 0. The fraction of sp³-hybridized carbons (Fsp3) is 0.750. The normalized spacial score (nSPS) is 7.25. The number of aliphatic hydroxyl groups is 1. The van der Waals surface area contributed by atoms with E-state index in [9.17, 15) is 4.79 Å². The number of hydrogen-bond acceptors (Lipinski definition) is 3. The van der Waals surface area contributed by atoms with Crippen molar-refractivity contribution >= 4 is 24.8 Å². The van der Waals surface area contributed by atoms with Crippen LogP contribution in [0, 0.1) is 0 Å². The molecule has 8 heavy (non-hydrogen) atoms. The van der Waals surface area contributed by atoms with Crippen molar-refractivity contribution in [3.8, 4) is 0 Å². The zero-order valence-electron chi connectivity index (χ0n) is 4.18. The molecule has 1 N–H and O–H groups in total. The van der Waals surface area contributed by atoms with E-state index < -0.39 is 0 Å². The van der Waals surface area contributed by atoms with Gasteiger partial charge in [-0.2, -0.15) is 0 Å². The third kappa shape index (κ3) is 9.39. The minimum atomic E-state index is -0.353. The van der Waals surface area contributed by atoms with Crippen molar-refractivity contribution in [3.05, 3.63) is 0 Å². The van der Waals surface area contributed by atoms with Crippen LogP contribution >= 0.6 is 0 Å². The maximum absolute atomic E-state index is 9.87. The van der Waals surface area contributed by atoms with Crippen molar-refractivity contribution in [1.82, 2.24) is 0 Å². The summed E-state index contributed by atoms with van der Waals surface area (Å²) in [5, 5.41) is 8.04. The number of aliphatic hydroxyl groups excluding tert-OH is 1. The first kappa shape index (κ1) is 10.9. The topological polar surface area (TPSA) is 46.5 Å². The van der Waals surface area contributed by atoms with E-state index in [0.717, 1.165) is 0 Å². The quantitative estimate of drug-likeness (QED) is 0.364. The van der Waals surface area contributed by atoms with E-state index in [2.05, 4.69) is 4.74 Å². The molecule has 0 aromatic carbocycles. The fourth-order valence-corrected chi connectivity index (χ4v) is 0.189. The predicted octanol–water partition coefficient (Wildman–Crippen LogP) is -1.11. The van der Waals surface area contributed by atoms with Gasteiger partial charge in [0.15, 0.2) is 0 Å². The molecule has 0 fully saturated rings. The third-order valence-electron chi connectivity index (χ3n) is 0.397. The molecule has 0 aliphatic rings. The molecule has 0 unspecified atom stereocenters. The van der Waals surface area contributed by atoms with E-state index in [0.29, 0.717) is 0 Å². The van der Waals surface area contributed by atoms with E-state index >= 15 is 0 Å². The van der Waals surface area contributed by atoms with Crippen molar-refractivity contribution < 1.29 is 14.6 Å². The number of rotatable bonds is 2. The molecule has 0 heterocycles. The molecule has 0 saturated heterocycles. The summed E-state index contributed by atoms with van der Waals surface area (Å²) in [6.45, 7) is 1.31. The Kier molecular flexibility index (Phi) is 9.59. The molecule has 0 spiro atoms. The Bertz CT molecular complexity index is 64.3. The van der Waals surface area contributed by atoms with Crippen LogP contribution in [-0.4, -0.2) is 43.2 Å². The molecule has 0 aromatic heterocycles. The van der Waals surface area contributed by atoms with Crippen molar-refractivity contribution in [2.75, 3.05) is 13.2 Å². The summed E-state index contributed by atoms with van der Waals surface area (Å²) < 4.78 is 4.30. The van der Waals surface area contributed by atoms with Crippen LogP contribution < -0.4 is 0 Å². The van der Waals surface area contributed by atoms with Gasteiger partial charge in [-0.05, 0) is 0 Å². The molecule has 0 aliphatic heterocycles. The van der Waals surface area contributed by atoms with Crippen LogP contribution in [-0.2, 0) is 9.53 Å². The van der Waals surface area contributed by atoms with E-state index in [1.165, 1.54) is 6.92 Å². The van der Waals surface area contributed by atoms with Gasteiger partial charge in [-0.3, -0.25) is 4.79 Å². The summed E-state index contributed by atoms with van der Waals surface area (Å²) in [4.78, 5) is 9.87. The Balaban J connectivity index is 0. The van der Waals surface area contributed by atoms with Crippen molar-refractivity contribution in [2.45, 2.75) is 6.92 Å². The van der Waals surface area contributed by atoms with Gasteiger partial charge in [0.05, 0.1) is 6.61 Å². The predicted molar refractivity (Wildman–Crippen MR) is 30.9 cm³/mol. The van der Waals surface area contributed by atoms with E-state index in [1.807, 2.05) is 0 Å². The first-order valence-corrected chi connectivity index (χ1v) is 2.01. The number of carbonyl (C=O) groups is 1. The zero-order chi connectivity index (χ0) is 5.70. The number of hydrogen-bond donors (Lipinski definition) is 1. The Labute approximate surface area is 60.2 Å². The average Bonchev–Trinajstić information content (AvgIpc) is 1.61. The van der Waals surface area contributed by atoms with Crippen LogP contribution in [0.2, 0.25) is 0 Å². The average molecular weight is 112 g/mol. The van der Waals surface area contributed by atoms with Crippen LogP contribution in [0.1, 0.15) is 6.92 Å². The van der Waals surface area contributed by atoms with Crippen LogP contribution in [0.5, 0.6) is 0 Å². The van der Waals surface area contributed by atoms with Crippen LogP contribution in [0.25, 0.3) is 0 Å². The van der Waals surface area contributed by atoms with Gasteiger partial charge in [-0.25, -0.2) is 0 Å². The maximum atomic E-state index is 9.87. The van der Waals surface area contributed by atoms with Gasteiger partial charge in [0.25, 0.3) is 0 Å². The first-order valence-electron chi connectivity index (χ1n) is 2.01. The molecule has 0 aliphatic carbocycles. The molecule has 0 atom stereocenters. The standard InChI is InChI=1S/C4H8O3.Li.H/c1-4(6)7-3-2-5;;/h5H,2-3H2,1H3;;. The van der Waals surface area contributed by atoms with Crippen LogP contribution in [0.15, 0.2) is 0 Å². The Hall–Kier alpha value is 0.0274. The minimum absolute atomic E-state index is 0. The second-order valence-corrected chi connectivity index (χ2v) is 1.06. The van der Waals surface area contributed by atoms with Gasteiger partial charge in [-0.1, -0.05) is 0 Å². The van der Waals surface area contributed by atoms with Gasteiger partial charge < -0.3 is 9.84 Å². The van der Waals surface area contributed by atoms with Gasteiger partial charge >= 0.3 is 24.8 Å². The van der Waals surface area contributed by atoms with Crippen LogP contribution in [0.4, 0.5) is 0 Å². The van der Waals surface area contributed by atoms with E-state index in [4.69, 9.17) is 5.11 Å². The summed E-state index contributed by atoms with van der Waals surface area (Å²) in [6.07, 6.45) is 0. The Morgan fingerprint density at radius 1 is 1.75 bits per heavy atom. The summed E-state index contributed by atoms with van der Waals surface area (Å²) in [7, 11) is 0. The SMILES string of the molecule is CC(=O)OCCO.[LiH]. The second kappa shape index (κ2) is 7.03. The molecule has 0 amide bonds.